The van der Waals surface area contributed by atoms with Gasteiger partial charge in [-0.3, -0.25) is 0 Å². The fraction of sp³-hybridized carbons (Fsp3) is 0.500. The smallest absolute Gasteiger partial charge is 0.124 e. The Kier molecular flexibility index (Phi) is 3.78. The van der Waals surface area contributed by atoms with Crippen LogP contribution in [0, 0.1) is 3.57 Å². The van der Waals surface area contributed by atoms with Crippen molar-refractivity contribution in [3.63, 3.8) is 0 Å². The van der Waals surface area contributed by atoms with E-state index in [0.717, 1.165) is 17.2 Å². The van der Waals surface area contributed by atoms with E-state index in [1.807, 2.05) is 6.92 Å². The topological polar surface area (TPSA) is 9.23 Å². The second-order valence-corrected chi connectivity index (χ2v) is 5.25. The van der Waals surface area contributed by atoms with Gasteiger partial charge in [-0.25, -0.2) is 0 Å². The summed E-state index contributed by atoms with van der Waals surface area (Å²) in [5.74, 6) is 2.25. The number of alkyl halides is 1. The predicted octanol–water partition coefficient (Wildman–Crippen LogP) is 4.31. The largest absolute Gasteiger partial charge is 0.494 e. The molecule has 15 heavy (non-hydrogen) atoms. The average molecular weight is 337 g/mol. The molecular weight excluding hydrogens is 322 g/mol. The van der Waals surface area contributed by atoms with E-state index in [-0.39, 0.29) is 0 Å². The Bertz CT molecular complexity index is 361. The fourth-order valence-corrected chi connectivity index (χ4v) is 2.81. The van der Waals surface area contributed by atoms with Crippen molar-refractivity contribution in [2.24, 2.45) is 0 Å². The standard InChI is InChI=1S/C12H14ClIO/c1-2-15-12-6-11(14)10(8-3-4-8)5-9(12)7-13/h5-6,8H,2-4,7H2,1H3. The zero-order chi connectivity index (χ0) is 10.8. The maximum atomic E-state index is 5.93. The minimum Gasteiger partial charge on any atom is -0.494 e. The number of benzene rings is 1. The molecule has 0 bridgehead atoms. The Labute approximate surface area is 109 Å². The van der Waals surface area contributed by atoms with Gasteiger partial charge >= 0.3 is 0 Å². The number of hydrogen-bond donors (Lipinski definition) is 0. The van der Waals surface area contributed by atoms with E-state index in [0.29, 0.717) is 12.5 Å². The molecule has 3 heteroatoms. The third-order valence-electron chi connectivity index (χ3n) is 2.64. The van der Waals surface area contributed by atoms with Crippen molar-refractivity contribution >= 4 is 34.2 Å². The molecule has 1 aliphatic carbocycles. The normalized spacial score (nSPS) is 15.4. The molecule has 1 saturated carbocycles. The molecule has 0 amide bonds. The third-order valence-corrected chi connectivity index (χ3v) is 3.86. The summed E-state index contributed by atoms with van der Waals surface area (Å²) >= 11 is 8.33. The number of hydrogen-bond acceptors (Lipinski definition) is 1. The summed E-state index contributed by atoms with van der Waals surface area (Å²) in [6.45, 7) is 2.70. The van der Waals surface area contributed by atoms with E-state index >= 15 is 0 Å². The molecule has 0 unspecified atom stereocenters. The van der Waals surface area contributed by atoms with Crippen LogP contribution in [0.15, 0.2) is 12.1 Å². The van der Waals surface area contributed by atoms with Crippen LogP contribution in [-0.4, -0.2) is 6.61 Å². The SMILES string of the molecule is CCOc1cc(I)c(C2CC2)cc1CCl. The maximum absolute atomic E-state index is 5.93. The monoisotopic (exact) mass is 336 g/mol. The van der Waals surface area contributed by atoms with Gasteiger partial charge in [0.1, 0.15) is 5.75 Å². The van der Waals surface area contributed by atoms with Crippen molar-refractivity contribution in [2.75, 3.05) is 6.61 Å². The van der Waals surface area contributed by atoms with Gasteiger partial charge in [0.15, 0.2) is 0 Å². The molecule has 0 aromatic heterocycles. The van der Waals surface area contributed by atoms with Gasteiger partial charge in [-0.05, 0) is 66.0 Å². The number of rotatable bonds is 4. The van der Waals surface area contributed by atoms with Crippen LogP contribution in [0.5, 0.6) is 5.75 Å². The molecule has 1 fully saturated rings. The summed E-state index contributed by atoms with van der Waals surface area (Å²) in [6, 6.07) is 4.34. The number of halogens is 2. The Balaban J connectivity index is 2.35. The van der Waals surface area contributed by atoms with Crippen LogP contribution < -0.4 is 4.74 Å². The van der Waals surface area contributed by atoms with E-state index in [1.165, 1.54) is 22.0 Å². The van der Waals surface area contributed by atoms with E-state index in [9.17, 15) is 0 Å². The molecule has 0 atom stereocenters. The summed E-state index contributed by atoms with van der Waals surface area (Å²) in [5, 5.41) is 0. The minimum absolute atomic E-state index is 0.534. The lowest BCUT2D eigenvalue weighted by Gasteiger charge is -2.12. The molecule has 0 saturated heterocycles. The van der Waals surface area contributed by atoms with Crippen LogP contribution in [0.2, 0.25) is 0 Å². The van der Waals surface area contributed by atoms with Crippen molar-refractivity contribution in [1.82, 2.24) is 0 Å². The highest BCUT2D eigenvalue weighted by molar-refractivity contribution is 14.1. The van der Waals surface area contributed by atoms with Gasteiger partial charge in [-0.15, -0.1) is 11.6 Å². The van der Waals surface area contributed by atoms with Crippen LogP contribution >= 0.6 is 34.2 Å². The first-order chi connectivity index (χ1) is 7.26. The average Bonchev–Trinajstić information content (AvgIpc) is 3.02. The summed E-state index contributed by atoms with van der Waals surface area (Å²) in [6.07, 6.45) is 2.65. The molecular formula is C12H14ClIO. The van der Waals surface area contributed by atoms with Crippen molar-refractivity contribution in [3.8, 4) is 5.75 Å². The lowest BCUT2D eigenvalue weighted by Crippen LogP contribution is -1.98. The van der Waals surface area contributed by atoms with Gasteiger partial charge in [0.2, 0.25) is 0 Å². The summed E-state index contributed by atoms with van der Waals surface area (Å²) in [4.78, 5) is 0. The predicted molar refractivity (Wildman–Crippen MR) is 71.9 cm³/mol. The minimum atomic E-state index is 0.534. The molecule has 1 aromatic rings. The summed E-state index contributed by atoms with van der Waals surface area (Å²) in [5.41, 5.74) is 2.58. The highest BCUT2D eigenvalue weighted by atomic mass is 127. The fourth-order valence-electron chi connectivity index (χ4n) is 1.72. The van der Waals surface area contributed by atoms with Crippen LogP contribution in [-0.2, 0) is 5.88 Å². The zero-order valence-electron chi connectivity index (χ0n) is 8.72. The van der Waals surface area contributed by atoms with Gasteiger partial charge < -0.3 is 4.74 Å². The van der Waals surface area contributed by atoms with Crippen molar-refractivity contribution in [3.05, 3.63) is 26.8 Å². The Morgan fingerprint density at radius 2 is 2.20 bits per heavy atom. The molecule has 0 aliphatic heterocycles. The lowest BCUT2D eigenvalue weighted by molar-refractivity contribution is 0.337. The van der Waals surface area contributed by atoms with Gasteiger partial charge in [-0.2, -0.15) is 0 Å². The first-order valence-electron chi connectivity index (χ1n) is 5.27. The summed E-state index contributed by atoms with van der Waals surface area (Å²) in [7, 11) is 0. The zero-order valence-corrected chi connectivity index (χ0v) is 11.6. The van der Waals surface area contributed by atoms with Crippen LogP contribution in [0.3, 0.4) is 0 Å². The van der Waals surface area contributed by atoms with Gasteiger partial charge in [0, 0.05) is 9.13 Å². The maximum Gasteiger partial charge on any atom is 0.124 e. The van der Waals surface area contributed by atoms with Crippen molar-refractivity contribution in [1.29, 1.82) is 0 Å². The van der Waals surface area contributed by atoms with E-state index in [1.54, 1.807) is 0 Å². The first-order valence-corrected chi connectivity index (χ1v) is 6.88. The molecule has 0 heterocycles. The Morgan fingerprint density at radius 3 is 2.73 bits per heavy atom. The second kappa shape index (κ2) is 4.91. The van der Waals surface area contributed by atoms with Crippen molar-refractivity contribution < 1.29 is 4.74 Å². The third kappa shape index (κ3) is 2.59. The molecule has 0 spiro atoms. The molecule has 0 radical (unpaired) electrons. The Morgan fingerprint density at radius 1 is 1.47 bits per heavy atom. The molecule has 2 rings (SSSR count). The molecule has 1 aromatic carbocycles. The Hall–Kier alpha value is 0.0400. The quantitative estimate of drug-likeness (QED) is 0.588. The van der Waals surface area contributed by atoms with Crippen LogP contribution in [0.25, 0.3) is 0 Å². The van der Waals surface area contributed by atoms with E-state index in [4.69, 9.17) is 16.3 Å². The van der Waals surface area contributed by atoms with E-state index in [2.05, 4.69) is 34.7 Å². The van der Waals surface area contributed by atoms with Crippen molar-refractivity contribution in [2.45, 2.75) is 31.6 Å². The van der Waals surface area contributed by atoms with Gasteiger partial charge in [-0.1, -0.05) is 0 Å². The first kappa shape index (κ1) is 11.5. The van der Waals surface area contributed by atoms with Gasteiger partial charge in [0.05, 0.1) is 12.5 Å². The number of ether oxygens (including phenoxy) is 1. The van der Waals surface area contributed by atoms with Crippen LogP contribution in [0.4, 0.5) is 0 Å². The molecule has 1 aliphatic rings. The highest BCUT2D eigenvalue weighted by Crippen LogP contribution is 2.43. The second-order valence-electron chi connectivity index (χ2n) is 3.82. The van der Waals surface area contributed by atoms with Gasteiger partial charge in [0.25, 0.3) is 0 Å². The summed E-state index contributed by atoms with van der Waals surface area (Å²) < 4.78 is 6.89. The molecule has 0 N–H and O–H groups in total. The highest BCUT2D eigenvalue weighted by Gasteiger charge is 2.26. The van der Waals surface area contributed by atoms with E-state index < -0.39 is 0 Å². The molecule has 82 valence electrons. The lowest BCUT2D eigenvalue weighted by atomic mass is 10.1. The van der Waals surface area contributed by atoms with Crippen LogP contribution in [0.1, 0.15) is 36.8 Å². The molecule has 1 nitrogen and oxygen atoms in total.